The van der Waals surface area contributed by atoms with E-state index < -0.39 is 11.2 Å². The number of nitrogens with zero attached hydrogens (tertiary/aromatic N) is 4. The lowest BCUT2D eigenvalue weighted by Crippen LogP contribution is -2.44. The summed E-state index contributed by atoms with van der Waals surface area (Å²) < 4.78 is 2.42. The largest absolute Gasteiger partial charge is 0.357 e. The van der Waals surface area contributed by atoms with Gasteiger partial charge in [-0.1, -0.05) is 29.8 Å². The van der Waals surface area contributed by atoms with Crippen molar-refractivity contribution in [1.82, 2.24) is 9.13 Å². The summed E-state index contributed by atoms with van der Waals surface area (Å²) in [5.74, 6) is 1.08. The van der Waals surface area contributed by atoms with Gasteiger partial charge < -0.3 is 4.90 Å². The molecule has 142 valence electrons. The zero-order chi connectivity index (χ0) is 19.6. The Balaban J connectivity index is 1.69. The number of hydrogen-bond donors (Lipinski definition) is 0. The number of hydrogen-bond acceptors (Lipinski definition) is 4. The predicted octanol–water partition coefficient (Wildman–Crippen LogP) is 2.11. The lowest BCUT2D eigenvalue weighted by Gasteiger charge is -2.34. The van der Waals surface area contributed by atoms with Gasteiger partial charge in [-0.15, -0.1) is 0 Å². The monoisotopic (exact) mass is 366 g/mol. The lowest BCUT2D eigenvalue weighted by molar-refractivity contribution is 0.378. The van der Waals surface area contributed by atoms with Gasteiger partial charge >= 0.3 is 5.69 Å². The van der Waals surface area contributed by atoms with Gasteiger partial charge in [0.1, 0.15) is 11.9 Å². The van der Waals surface area contributed by atoms with E-state index in [-0.39, 0.29) is 5.56 Å². The van der Waals surface area contributed by atoms with Crippen LogP contribution in [-0.2, 0) is 20.5 Å². The third-order valence-corrected chi connectivity index (χ3v) is 5.62. The van der Waals surface area contributed by atoms with Crippen molar-refractivity contribution in [3.8, 4) is 6.07 Å². The van der Waals surface area contributed by atoms with Gasteiger partial charge in [-0.2, -0.15) is 5.26 Å². The maximum atomic E-state index is 12.3. The molecule has 0 bridgehead atoms. The minimum atomic E-state index is -0.517. The lowest BCUT2D eigenvalue weighted by atomic mass is 9.90. The topological polar surface area (TPSA) is 71.0 Å². The number of aryl methyl sites for hydroxylation is 2. The van der Waals surface area contributed by atoms with Crippen LogP contribution in [0.1, 0.15) is 36.0 Å². The molecule has 0 spiro atoms. The van der Waals surface area contributed by atoms with Crippen LogP contribution in [0.25, 0.3) is 0 Å². The number of benzene rings is 1. The summed E-state index contributed by atoms with van der Waals surface area (Å²) in [4.78, 5) is 26.6. The second kappa shape index (κ2) is 7.83. The number of rotatable bonds is 4. The van der Waals surface area contributed by atoms with Gasteiger partial charge in [0.2, 0.25) is 0 Å². The van der Waals surface area contributed by atoms with E-state index in [1.165, 1.54) is 22.7 Å². The molecular formula is C21H26N4O2. The summed E-state index contributed by atoms with van der Waals surface area (Å²) in [6.07, 6.45) is 4.20. The summed E-state index contributed by atoms with van der Waals surface area (Å²) in [5, 5.41) is 9.45. The van der Waals surface area contributed by atoms with Crippen molar-refractivity contribution in [2.45, 2.75) is 32.6 Å². The number of aromatic nitrogens is 2. The summed E-state index contributed by atoms with van der Waals surface area (Å²) in [6.45, 7) is 3.61. The molecule has 1 aromatic heterocycles. The summed E-state index contributed by atoms with van der Waals surface area (Å²) in [7, 11) is 3.04. The minimum Gasteiger partial charge on any atom is -0.357 e. The predicted molar refractivity (Wildman–Crippen MR) is 106 cm³/mol. The number of nitriles is 1. The van der Waals surface area contributed by atoms with Crippen molar-refractivity contribution >= 4 is 5.82 Å². The van der Waals surface area contributed by atoms with Crippen molar-refractivity contribution in [1.29, 1.82) is 5.26 Å². The van der Waals surface area contributed by atoms with E-state index in [4.69, 9.17) is 0 Å². The molecule has 1 saturated heterocycles. The van der Waals surface area contributed by atoms with Crippen molar-refractivity contribution in [3.63, 3.8) is 0 Å². The first-order valence-electron chi connectivity index (χ1n) is 9.43. The molecular weight excluding hydrogens is 340 g/mol. The smallest absolute Gasteiger partial charge is 0.332 e. The second-order valence-electron chi connectivity index (χ2n) is 7.47. The Morgan fingerprint density at radius 2 is 1.70 bits per heavy atom. The van der Waals surface area contributed by atoms with Gasteiger partial charge in [0.15, 0.2) is 5.56 Å². The van der Waals surface area contributed by atoms with Gasteiger partial charge in [-0.25, -0.2) is 4.79 Å². The van der Waals surface area contributed by atoms with E-state index in [2.05, 4.69) is 31.2 Å². The van der Waals surface area contributed by atoms with Crippen LogP contribution in [0.2, 0.25) is 0 Å². The van der Waals surface area contributed by atoms with Gasteiger partial charge in [0.05, 0.1) is 0 Å². The molecule has 1 fully saturated rings. The zero-order valence-corrected chi connectivity index (χ0v) is 16.2. The van der Waals surface area contributed by atoms with Crippen LogP contribution in [0.5, 0.6) is 0 Å². The first kappa shape index (κ1) is 19.0. The Bertz CT molecular complexity index is 971. The molecule has 0 N–H and O–H groups in total. The highest BCUT2D eigenvalue weighted by atomic mass is 16.2. The van der Waals surface area contributed by atoms with Crippen LogP contribution >= 0.6 is 0 Å². The first-order chi connectivity index (χ1) is 12.9. The molecule has 2 heterocycles. The fraction of sp³-hybridized carbons (Fsp3) is 0.476. The highest BCUT2D eigenvalue weighted by Crippen LogP contribution is 2.26. The van der Waals surface area contributed by atoms with Crippen LogP contribution in [0.3, 0.4) is 0 Å². The minimum absolute atomic E-state index is 0.0534. The number of anilines is 1. The van der Waals surface area contributed by atoms with Crippen molar-refractivity contribution in [2.75, 3.05) is 18.0 Å². The average Bonchev–Trinajstić information content (AvgIpc) is 2.69. The summed E-state index contributed by atoms with van der Waals surface area (Å²) >= 11 is 0. The molecule has 0 radical (unpaired) electrons. The molecule has 2 aromatic rings. The standard InChI is InChI=1S/C21H26N4O2/c1-15-4-6-16(7-5-15)8-9-17-10-12-25(13-11-17)19-18(14-22)20(26)24(3)21(27)23(19)2/h4-7,17H,8-13H2,1-3H3. The average molecular weight is 366 g/mol. The molecule has 0 unspecified atom stereocenters. The SMILES string of the molecule is Cc1ccc(CCC2CCN(c3c(C#N)c(=O)n(C)c(=O)n3C)CC2)cc1. The maximum absolute atomic E-state index is 12.3. The van der Waals surface area contributed by atoms with Gasteiger partial charge in [-0.05, 0) is 44.1 Å². The van der Waals surface area contributed by atoms with Crippen molar-refractivity contribution in [2.24, 2.45) is 20.0 Å². The first-order valence-corrected chi connectivity index (χ1v) is 9.43. The normalized spacial score (nSPS) is 15.0. The van der Waals surface area contributed by atoms with Crippen LogP contribution in [-0.4, -0.2) is 22.2 Å². The Labute approximate surface area is 159 Å². The van der Waals surface area contributed by atoms with E-state index in [1.54, 1.807) is 7.05 Å². The third kappa shape index (κ3) is 3.82. The molecule has 1 aromatic carbocycles. The molecule has 1 aliphatic heterocycles. The van der Waals surface area contributed by atoms with Crippen LogP contribution in [0, 0.1) is 24.2 Å². The highest BCUT2D eigenvalue weighted by molar-refractivity contribution is 5.53. The van der Waals surface area contributed by atoms with Crippen molar-refractivity contribution < 1.29 is 0 Å². The van der Waals surface area contributed by atoms with Gasteiger partial charge in [0, 0.05) is 27.2 Å². The zero-order valence-electron chi connectivity index (χ0n) is 16.2. The van der Waals surface area contributed by atoms with Crippen molar-refractivity contribution in [3.05, 3.63) is 61.8 Å². The molecule has 27 heavy (non-hydrogen) atoms. The van der Waals surface area contributed by atoms with E-state index in [0.29, 0.717) is 11.7 Å². The van der Waals surface area contributed by atoms with Crippen LogP contribution in [0.15, 0.2) is 33.9 Å². The number of piperidine rings is 1. The molecule has 0 amide bonds. The Morgan fingerprint density at radius 3 is 2.30 bits per heavy atom. The van der Waals surface area contributed by atoms with Gasteiger partial charge in [0.25, 0.3) is 5.56 Å². The Hall–Kier alpha value is -2.81. The van der Waals surface area contributed by atoms with Crippen LogP contribution < -0.4 is 16.1 Å². The van der Waals surface area contributed by atoms with Gasteiger partial charge in [-0.3, -0.25) is 13.9 Å². The third-order valence-electron chi connectivity index (χ3n) is 5.62. The Morgan fingerprint density at radius 1 is 1.07 bits per heavy atom. The molecule has 3 rings (SSSR count). The molecule has 0 saturated carbocycles. The quantitative estimate of drug-likeness (QED) is 0.831. The fourth-order valence-corrected chi connectivity index (χ4v) is 3.86. The molecule has 0 aliphatic carbocycles. The van der Waals surface area contributed by atoms with E-state index >= 15 is 0 Å². The van der Waals surface area contributed by atoms with E-state index in [1.807, 2.05) is 11.0 Å². The van der Waals surface area contributed by atoms with Crippen LogP contribution in [0.4, 0.5) is 5.82 Å². The second-order valence-corrected chi connectivity index (χ2v) is 7.47. The molecule has 0 atom stereocenters. The van der Waals surface area contributed by atoms with E-state index in [9.17, 15) is 14.9 Å². The molecule has 6 nitrogen and oxygen atoms in total. The molecule has 1 aliphatic rings. The highest BCUT2D eigenvalue weighted by Gasteiger charge is 2.25. The molecule has 6 heteroatoms. The van der Waals surface area contributed by atoms with E-state index in [0.717, 1.165) is 43.3 Å². The maximum Gasteiger partial charge on any atom is 0.332 e. The summed E-state index contributed by atoms with van der Waals surface area (Å²) in [6, 6.07) is 10.7. The fourth-order valence-electron chi connectivity index (χ4n) is 3.86. The summed E-state index contributed by atoms with van der Waals surface area (Å²) in [5.41, 5.74) is 1.79. The Kier molecular flexibility index (Phi) is 5.50.